The summed E-state index contributed by atoms with van der Waals surface area (Å²) in [5.41, 5.74) is 0.486. The van der Waals surface area contributed by atoms with Gasteiger partial charge in [-0.2, -0.15) is 4.31 Å². The highest BCUT2D eigenvalue weighted by molar-refractivity contribution is 7.89. The first-order chi connectivity index (χ1) is 9.75. The molecule has 0 unspecified atom stereocenters. The number of methoxy groups -OCH3 is 1. The summed E-state index contributed by atoms with van der Waals surface area (Å²) in [6, 6.07) is 2.67. The van der Waals surface area contributed by atoms with Crippen molar-refractivity contribution in [3.8, 4) is 0 Å². The van der Waals surface area contributed by atoms with Crippen molar-refractivity contribution in [2.24, 2.45) is 0 Å². The second-order valence-corrected chi connectivity index (χ2v) is 7.65. The third-order valence-electron chi connectivity index (χ3n) is 2.90. The highest BCUT2D eigenvalue weighted by Crippen LogP contribution is 2.32. The maximum atomic E-state index is 12.8. The Balaban J connectivity index is 3.37. The Hall–Kier alpha value is -0.0400. The molecule has 0 aliphatic heterocycles. The number of nitrogens with zero attached hydrogens (tertiary/aromatic N) is 1. The lowest BCUT2D eigenvalue weighted by Gasteiger charge is -2.26. The van der Waals surface area contributed by atoms with Gasteiger partial charge in [0.1, 0.15) is 4.90 Å². The van der Waals surface area contributed by atoms with Crippen LogP contribution in [-0.2, 0) is 20.6 Å². The van der Waals surface area contributed by atoms with Crippen molar-refractivity contribution in [3.63, 3.8) is 0 Å². The van der Waals surface area contributed by atoms with Gasteiger partial charge in [0.15, 0.2) is 0 Å². The molecule has 120 valence electrons. The van der Waals surface area contributed by atoms with E-state index in [1.807, 2.05) is 0 Å². The second kappa shape index (κ2) is 7.99. The van der Waals surface area contributed by atoms with Gasteiger partial charge in [-0.15, -0.1) is 11.6 Å². The van der Waals surface area contributed by atoms with Gasteiger partial charge >= 0.3 is 0 Å². The zero-order valence-corrected chi connectivity index (χ0v) is 15.2. The molecule has 0 radical (unpaired) electrons. The van der Waals surface area contributed by atoms with Crippen molar-refractivity contribution < 1.29 is 13.2 Å². The molecule has 1 aromatic carbocycles. The molecule has 1 aromatic rings. The fourth-order valence-electron chi connectivity index (χ4n) is 1.87. The third kappa shape index (κ3) is 4.47. The molecule has 0 aliphatic rings. The fraction of sp³-hybridized carbons (Fsp3) is 0.538. The molecule has 21 heavy (non-hydrogen) atoms. The summed E-state index contributed by atoms with van der Waals surface area (Å²) >= 11 is 17.9. The van der Waals surface area contributed by atoms with Crippen LogP contribution in [0.15, 0.2) is 17.0 Å². The molecule has 0 amide bonds. The SMILES string of the molecule is COCCN(C(C)C)S(=O)(=O)c1cc(Cl)cc(CCl)c1Cl. The first-order valence-corrected chi connectivity index (χ1v) is 9.03. The normalized spacial score (nSPS) is 12.4. The van der Waals surface area contributed by atoms with Crippen LogP contribution < -0.4 is 0 Å². The van der Waals surface area contributed by atoms with E-state index in [-0.39, 0.29) is 40.0 Å². The molecule has 0 N–H and O–H groups in total. The minimum atomic E-state index is -3.78. The number of hydrogen-bond acceptors (Lipinski definition) is 3. The van der Waals surface area contributed by atoms with Crippen LogP contribution in [0.25, 0.3) is 0 Å². The van der Waals surface area contributed by atoms with Crippen molar-refractivity contribution in [3.05, 3.63) is 27.7 Å². The van der Waals surface area contributed by atoms with E-state index in [1.165, 1.54) is 17.5 Å². The van der Waals surface area contributed by atoms with Gasteiger partial charge in [0.05, 0.1) is 11.6 Å². The van der Waals surface area contributed by atoms with Gasteiger partial charge in [0.25, 0.3) is 0 Å². The average Bonchev–Trinajstić information content (AvgIpc) is 2.40. The molecule has 0 fully saturated rings. The Labute approximate surface area is 141 Å². The number of benzene rings is 1. The van der Waals surface area contributed by atoms with E-state index in [9.17, 15) is 8.42 Å². The topological polar surface area (TPSA) is 46.6 Å². The molecule has 0 atom stereocenters. The molecule has 0 heterocycles. The second-order valence-electron chi connectivity index (χ2n) is 4.71. The van der Waals surface area contributed by atoms with E-state index in [4.69, 9.17) is 39.5 Å². The molecule has 0 spiro atoms. The summed E-state index contributed by atoms with van der Waals surface area (Å²) in [4.78, 5) is -0.0304. The van der Waals surface area contributed by atoms with Crippen LogP contribution in [0.3, 0.4) is 0 Å². The zero-order chi connectivity index (χ0) is 16.2. The van der Waals surface area contributed by atoms with Gasteiger partial charge in [-0.25, -0.2) is 8.42 Å². The van der Waals surface area contributed by atoms with E-state index < -0.39 is 10.0 Å². The maximum absolute atomic E-state index is 12.8. The predicted octanol–water partition coefficient (Wildman–Crippen LogP) is 3.78. The summed E-state index contributed by atoms with van der Waals surface area (Å²) in [5, 5.41) is 0.390. The van der Waals surface area contributed by atoms with E-state index in [1.54, 1.807) is 19.9 Å². The molecular weight excluding hydrogens is 357 g/mol. The molecule has 0 saturated heterocycles. The smallest absolute Gasteiger partial charge is 0.244 e. The van der Waals surface area contributed by atoms with Gasteiger partial charge in [0, 0.05) is 30.6 Å². The van der Waals surface area contributed by atoms with Gasteiger partial charge in [-0.1, -0.05) is 23.2 Å². The Morgan fingerprint density at radius 1 is 1.29 bits per heavy atom. The van der Waals surface area contributed by atoms with Crippen LogP contribution >= 0.6 is 34.8 Å². The van der Waals surface area contributed by atoms with Gasteiger partial charge in [-0.3, -0.25) is 0 Å². The molecule has 0 saturated carbocycles. The van der Waals surface area contributed by atoms with E-state index in [0.29, 0.717) is 5.56 Å². The predicted molar refractivity (Wildman–Crippen MR) is 86.9 cm³/mol. The van der Waals surface area contributed by atoms with E-state index in [0.717, 1.165) is 0 Å². The minimum absolute atomic E-state index is 0.0304. The van der Waals surface area contributed by atoms with Crippen molar-refractivity contribution in [1.29, 1.82) is 0 Å². The molecule has 0 aromatic heterocycles. The summed E-state index contributed by atoms with van der Waals surface area (Å²) in [6.45, 7) is 4.09. The van der Waals surface area contributed by atoms with Gasteiger partial charge in [-0.05, 0) is 31.5 Å². The quantitative estimate of drug-likeness (QED) is 0.682. The number of halogens is 3. The zero-order valence-electron chi connectivity index (χ0n) is 12.1. The van der Waals surface area contributed by atoms with Gasteiger partial charge in [0.2, 0.25) is 10.0 Å². The number of sulfonamides is 1. The maximum Gasteiger partial charge on any atom is 0.244 e. The molecular formula is C13H18Cl3NO3S. The number of rotatable bonds is 7. The number of hydrogen-bond donors (Lipinski definition) is 0. The molecule has 8 heteroatoms. The summed E-state index contributed by atoms with van der Waals surface area (Å²) in [6.07, 6.45) is 0. The largest absolute Gasteiger partial charge is 0.383 e. The van der Waals surface area contributed by atoms with Crippen LogP contribution in [0.4, 0.5) is 0 Å². The standard InChI is InChI=1S/C13H18Cl3NO3S/c1-9(2)17(4-5-20-3)21(18,19)12-7-11(15)6-10(8-14)13(12)16/h6-7,9H,4-5,8H2,1-3H3. The Bertz CT molecular complexity index is 591. The lowest BCUT2D eigenvalue weighted by atomic mass is 10.2. The summed E-state index contributed by atoms with van der Waals surface area (Å²) < 4.78 is 31.9. The van der Waals surface area contributed by atoms with Crippen LogP contribution in [0, 0.1) is 0 Å². The monoisotopic (exact) mass is 373 g/mol. The molecule has 4 nitrogen and oxygen atoms in total. The highest BCUT2D eigenvalue weighted by Gasteiger charge is 2.30. The first kappa shape index (κ1) is 19.0. The van der Waals surface area contributed by atoms with Crippen molar-refractivity contribution >= 4 is 44.8 Å². The summed E-state index contributed by atoms with van der Waals surface area (Å²) in [7, 11) is -2.26. The number of alkyl halides is 1. The lowest BCUT2D eigenvalue weighted by molar-refractivity contribution is 0.171. The Kier molecular flexibility index (Phi) is 7.24. The van der Waals surface area contributed by atoms with Crippen LogP contribution in [0.1, 0.15) is 19.4 Å². The van der Waals surface area contributed by atoms with Crippen molar-refractivity contribution in [2.75, 3.05) is 20.3 Å². The fourth-order valence-corrected chi connectivity index (χ4v) is 4.68. The van der Waals surface area contributed by atoms with Crippen molar-refractivity contribution in [1.82, 2.24) is 4.31 Å². The Morgan fingerprint density at radius 2 is 1.90 bits per heavy atom. The Morgan fingerprint density at radius 3 is 2.38 bits per heavy atom. The highest BCUT2D eigenvalue weighted by atomic mass is 35.5. The summed E-state index contributed by atoms with van der Waals surface area (Å²) in [5.74, 6) is 0.0850. The average molecular weight is 375 g/mol. The van der Waals surface area contributed by atoms with Crippen molar-refractivity contribution in [2.45, 2.75) is 30.7 Å². The first-order valence-electron chi connectivity index (χ1n) is 6.30. The molecule has 0 aliphatic carbocycles. The van der Waals surface area contributed by atoms with E-state index >= 15 is 0 Å². The minimum Gasteiger partial charge on any atom is -0.383 e. The van der Waals surface area contributed by atoms with Crippen LogP contribution in [-0.4, -0.2) is 39.0 Å². The van der Waals surface area contributed by atoms with Gasteiger partial charge < -0.3 is 4.74 Å². The molecule has 1 rings (SSSR count). The van der Waals surface area contributed by atoms with Crippen LogP contribution in [0.5, 0.6) is 0 Å². The van der Waals surface area contributed by atoms with E-state index in [2.05, 4.69) is 0 Å². The van der Waals surface area contributed by atoms with Crippen LogP contribution in [0.2, 0.25) is 10.0 Å². The lowest BCUT2D eigenvalue weighted by Crippen LogP contribution is -2.39. The third-order valence-corrected chi connectivity index (χ3v) is 6.07. The molecule has 0 bridgehead atoms. The number of ether oxygens (including phenoxy) is 1.